The fraction of sp³-hybridized carbons (Fsp3) is 0.417. The molecule has 3 N–H and O–H groups in total. The number of nitrogen functional groups attached to an aromatic ring is 1. The first-order valence-corrected chi connectivity index (χ1v) is 12.0. The highest BCUT2D eigenvalue weighted by Crippen LogP contribution is 2.40. The van der Waals surface area contributed by atoms with Gasteiger partial charge in [-0.2, -0.15) is 44.6 Å². The van der Waals surface area contributed by atoms with Crippen molar-refractivity contribution in [2.45, 2.75) is 44.1 Å². The topological polar surface area (TPSA) is 106 Å². The number of hydrogen-bond acceptors (Lipinski definition) is 5. The van der Waals surface area contributed by atoms with Gasteiger partial charge in [0.25, 0.3) is 5.91 Å². The molecule has 2 aromatic heterocycles. The maximum atomic E-state index is 14.7. The Hall–Kier alpha value is -4.12. The highest BCUT2D eigenvalue weighted by atomic mass is 19.4. The minimum Gasteiger partial charge on any atom is -0.382 e. The third-order valence-corrected chi connectivity index (χ3v) is 6.71. The molecule has 1 unspecified atom stereocenters. The molecule has 0 saturated carbocycles. The van der Waals surface area contributed by atoms with E-state index in [0.29, 0.717) is 27.6 Å². The molecular formula is C24H20F10N6O2. The second kappa shape index (κ2) is 10.6. The molecule has 2 amide bonds. The maximum absolute atomic E-state index is 14.7. The number of nitrogens with two attached hydrogens (primary N) is 1. The number of anilines is 1. The molecule has 0 radical (unpaired) electrons. The number of amides is 2. The Morgan fingerprint density at radius 3 is 2.26 bits per heavy atom. The van der Waals surface area contributed by atoms with Crippen LogP contribution in [0.3, 0.4) is 0 Å². The number of benzene rings is 1. The van der Waals surface area contributed by atoms with E-state index in [1.807, 2.05) is 5.32 Å². The Kier molecular flexibility index (Phi) is 7.79. The number of hydrogen-bond donors (Lipinski definition) is 2. The number of fused-ring (bicyclic) bond motifs is 1. The second-order valence-corrected chi connectivity index (χ2v) is 9.65. The lowest BCUT2D eigenvalue weighted by atomic mass is 10.00. The zero-order valence-corrected chi connectivity index (χ0v) is 21.2. The van der Waals surface area contributed by atoms with E-state index in [2.05, 4.69) is 10.1 Å². The predicted octanol–water partition coefficient (Wildman–Crippen LogP) is 4.88. The summed E-state index contributed by atoms with van der Waals surface area (Å²) in [6.07, 6.45) is -17.0. The van der Waals surface area contributed by atoms with Gasteiger partial charge in [0.15, 0.2) is 5.82 Å². The van der Waals surface area contributed by atoms with Crippen molar-refractivity contribution in [1.29, 1.82) is 0 Å². The Labute approximate surface area is 229 Å². The van der Waals surface area contributed by atoms with Crippen molar-refractivity contribution in [2.75, 3.05) is 18.8 Å². The molecule has 1 fully saturated rings. The van der Waals surface area contributed by atoms with Crippen LogP contribution >= 0.6 is 0 Å². The second-order valence-electron chi connectivity index (χ2n) is 9.65. The van der Waals surface area contributed by atoms with Crippen LogP contribution in [-0.4, -0.2) is 62.8 Å². The van der Waals surface area contributed by atoms with Gasteiger partial charge in [-0.25, -0.2) is 13.9 Å². The van der Waals surface area contributed by atoms with E-state index >= 15 is 0 Å². The SMILES string of the molecule is CC(CC(=O)N1C[C@H](F)[C@H](NC(=O)c2cc(-c3cc(C(F)(F)F)c4c(N)ncnn34)ccc2C(F)(F)F)C1)C(F)(F)F. The summed E-state index contributed by atoms with van der Waals surface area (Å²) in [6.45, 7) is -0.581. The molecule has 1 aliphatic heterocycles. The summed E-state index contributed by atoms with van der Waals surface area (Å²) in [5, 5.41) is 5.71. The maximum Gasteiger partial charge on any atom is 0.418 e. The van der Waals surface area contributed by atoms with Crippen LogP contribution in [0.5, 0.6) is 0 Å². The van der Waals surface area contributed by atoms with E-state index < -0.39 is 102 Å². The molecule has 1 aliphatic rings. The van der Waals surface area contributed by atoms with Gasteiger partial charge in [-0.05, 0) is 18.2 Å². The summed E-state index contributed by atoms with van der Waals surface area (Å²) in [5.41, 5.74) is 0.302. The lowest BCUT2D eigenvalue weighted by molar-refractivity contribution is -0.176. The van der Waals surface area contributed by atoms with Gasteiger partial charge in [-0.1, -0.05) is 13.0 Å². The molecule has 228 valence electrons. The highest BCUT2D eigenvalue weighted by Gasteiger charge is 2.43. The predicted molar refractivity (Wildman–Crippen MR) is 125 cm³/mol. The first-order valence-electron chi connectivity index (χ1n) is 12.0. The third kappa shape index (κ3) is 6.06. The molecule has 8 nitrogen and oxygen atoms in total. The monoisotopic (exact) mass is 614 g/mol. The van der Waals surface area contributed by atoms with E-state index in [1.54, 1.807) is 0 Å². The highest BCUT2D eigenvalue weighted by molar-refractivity contribution is 5.97. The number of carbonyl (C=O) groups is 2. The molecule has 42 heavy (non-hydrogen) atoms. The summed E-state index contributed by atoms with van der Waals surface area (Å²) < 4.78 is 136. The number of likely N-dealkylation sites (tertiary alicyclic amines) is 1. The van der Waals surface area contributed by atoms with Gasteiger partial charge >= 0.3 is 18.5 Å². The summed E-state index contributed by atoms with van der Waals surface area (Å²) in [7, 11) is 0. The summed E-state index contributed by atoms with van der Waals surface area (Å²) >= 11 is 0. The third-order valence-electron chi connectivity index (χ3n) is 6.71. The molecule has 0 spiro atoms. The van der Waals surface area contributed by atoms with E-state index in [4.69, 9.17) is 5.73 Å². The number of rotatable bonds is 5. The molecule has 3 aromatic rings. The fourth-order valence-electron chi connectivity index (χ4n) is 4.49. The van der Waals surface area contributed by atoms with Gasteiger partial charge in [0.05, 0.1) is 40.9 Å². The largest absolute Gasteiger partial charge is 0.418 e. The van der Waals surface area contributed by atoms with Crippen LogP contribution in [0.4, 0.5) is 49.7 Å². The van der Waals surface area contributed by atoms with Crippen LogP contribution in [0, 0.1) is 5.92 Å². The molecule has 18 heteroatoms. The quantitative estimate of drug-likeness (QED) is 0.399. The smallest absolute Gasteiger partial charge is 0.382 e. The molecule has 0 aliphatic carbocycles. The molecule has 3 atom stereocenters. The zero-order valence-electron chi connectivity index (χ0n) is 21.2. The lowest BCUT2D eigenvalue weighted by Crippen LogP contribution is -2.42. The molecule has 0 bridgehead atoms. The standard InChI is InChI=1S/C24H20F10N6O2/c1-10(22(26,27)28)4-18(41)39-7-15(25)16(8-39)38-21(42)12-5-11(2-3-13(12)23(29,30)31)17-6-14(24(32,33)34)19-20(35)36-9-37-40(17)19/h2-3,5-6,9-10,15-16H,4,7-8H2,1H3,(H,38,42)(H2,35,36,37)/t10?,15-,16+/m0/s1. The number of halogens is 10. The number of aromatic nitrogens is 3. The molecule has 4 rings (SSSR count). The lowest BCUT2D eigenvalue weighted by Gasteiger charge is -2.21. The first kappa shape index (κ1) is 30.8. The van der Waals surface area contributed by atoms with Gasteiger partial charge in [0.1, 0.15) is 18.0 Å². The minimum absolute atomic E-state index is 0.321. The molecule has 1 saturated heterocycles. The van der Waals surface area contributed by atoms with Crippen LogP contribution in [0.25, 0.3) is 16.8 Å². The van der Waals surface area contributed by atoms with E-state index in [-0.39, 0.29) is 5.56 Å². The van der Waals surface area contributed by atoms with E-state index in [1.165, 1.54) is 0 Å². The number of alkyl halides is 10. The number of nitrogens with zero attached hydrogens (tertiary/aromatic N) is 4. The number of carbonyl (C=O) groups excluding carboxylic acids is 2. The van der Waals surface area contributed by atoms with Crippen molar-refractivity contribution in [1.82, 2.24) is 24.8 Å². The molecule has 1 aromatic carbocycles. The van der Waals surface area contributed by atoms with E-state index in [9.17, 15) is 53.5 Å². The Balaban J connectivity index is 1.67. The van der Waals surface area contributed by atoms with Crippen molar-refractivity contribution in [2.24, 2.45) is 5.92 Å². The van der Waals surface area contributed by atoms with Crippen molar-refractivity contribution >= 4 is 23.1 Å². The van der Waals surface area contributed by atoms with Gasteiger partial charge < -0.3 is 16.0 Å². The van der Waals surface area contributed by atoms with Gasteiger partial charge in [0.2, 0.25) is 5.91 Å². The van der Waals surface area contributed by atoms with Gasteiger partial charge in [-0.15, -0.1) is 0 Å². The minimum atomic E-state index is -5.13. The Bertz CT molecular complexity index is 1510. The zero-order chi connectivity index (χ0) is 31.4. The van der Waals surface area contributed by atoms with Crippen LogP contribution in [0.2, 0.25) is 0 Å². The van der Waals surface area contributed by atoms with Crippen LogP contribution in [-0.2, 0) is 17.1 Å². The summed E-state index contributed by atoms with van der Waals surface area (Å²) in [6, 6.07) is 0.859. The number of nitrogens with one attached hydrogen (secondary N) is 1. The van der Waals surface area contributed by atoms with Crippen LogP contribution < -0.4 is 11.1 Å². The van der Waals surface area contributed by atoms with Gasteiger partial charge in [-0.3, -0.25) is 9.59 Å². The van der Waals surface area contributed by atoms with Crippen molar-refractivity contribution in [3.05, 3.63) is 47.3 Å². The first-order chi connectivity index (χ1) is 19.3. The normalized spacial score (nSPS) is 18.9. The fourth-order valence-corrected chi connectivity index (χ4v) is 4.49. The molecular weight excluding hydrogens is 594 g/mol. The average Bonchev–Trinajstić information content (AvgIpc) is 3.44. The Morgan fingerprint density at radius 1 is 1.02 bits per heavy atom. The molecule has 3 heterocycles. The van der Waals surface area contributed by atoms with Crippen molar-refractivity contribution in [3.63, 3.8) is 0 Å². The van der Waals surface area contributed by atoms with Gasteiger partial charge in [0, 0.05) is 18.5 Å². The summed E-state index contributed by atoms with van der Waals surface area (Å²) in [5.74, 6) is -5.18. The van der Waals surface area contributed by atoms with Crippen LogP contribution in [0.1, 0.15) is 34.8 Å². The Morgan fingerprint density at radius 2 is 1.67 bits per heavy atom. The summed E-state index contributed by atoms with van der Waals surface area (Å²) in [4.78, 5) is 29.5. The van der Waals surface area contributed by atoms with Crippen LogP contribution in [0.15, 0.2) is 30.6 Å². The average molecular weight is 614 g/mol. The van der Waals surface area contributed by atoms with Crippen molar-refractivity contribution < 1.29 is 53.5 Å². The van der Waals surface area contributed by atoms with E-state index in [0.717, 1.165) is 19.3 Å². The van der Waals surface area contributed by atoms with Crippen molar-refractivity contribution in [3.8, 4) is 11.3 Å².